The number of thioether (sulfide) groups is 1. The molecule has 0 aliphatic carbocycles. The maximum absolute atomic E-state index is 12.2. The van der Waals surface area contributed by atoms with E-state index in [1.807, 2.05) is 34.9 Å². The third-order valence-electron chi connectivity index (χ3n) is 3.82. The summed E-state index contributed by atoms with van der Waals surface area (Å²) in [6.07, 6.45) is 8.22. The molecule has 0 saturated carbocycles. The zero-order valence-corrected chi connectivity index (χ0v) is 11.8. The Balaban J connectivity index is 1.90. The van der Waals surface area contributed by atoms with Crippen LogP contribution in [0.3, 0.4) is 0 Å². The van der Waals surface area contributed by atoms with E-state index in [2.05, 4.69) is 37.3 Å². The summed E-state index contributed by atoms with van der Waals surface area (Å²) >= 11 is 1.84. The van der Waals surface area contributed by atoms with E-state index in [1.54, 1.807) is 6.08 Å². The first kappa shape index (κ1) is 12.5. The minimum absolute atomic E-state index is 0.124. The molecular weight excluding hydrogens is 254 g/mol. The molecule has 0 N–H and O–H groups in total. The van der Waals surface area contributed by atoms with Gasteiger partial charge >= 0.3 is 0 Å². The summed E-state index contributed by atoms with van der Waals surface area (Å²) in [4.78, 5) is 14.0. The summed E-state index contributed by atoms with van der Waals surface area (Å²) in [6, 6.07) is 10.2. The quantitative estimate of drug-likeness (QED) is 0.770. The molecule has 1 aromatic carbocycles. The predicted molar refractivity (Wildman–Crippen MR) is 79.6 cm³/mol. The van der Waals surface area contributed by atoms with Crippen LogP contribution < -0.4 is 0 Å². The molecule has 1 amide bonds. The lowest BCUT2D eigenvalue weighted by molar-refractivity contribution is -0.128. The third-order valence-corrected chi connectivity index (χ3v) is 5.37. The zero-order valence-electron chi connectivity index (χ0n) is 11.0. The van der Waals surface area contributed by atoms with E-state index in [0.717, 1.165) is 5.75 Å². The number of benzene rings is 1. The van der Waals surface area contributed by atoms with Gasteiger partial charge in [-0.2, -0.15) is 0 Å². The molecule has 3 rings (SSSR count). The van der Waals surface area contributed by atoms with Crippen molar-refractivity contribution in [1.82, 2.24) is 4.90 Å². The molecule has 0 fully saturated rings. The largest absolute Gasteiger partial charge is 0.316 e. The van der Waals surface area contributed by atoms with Crippen LogP contribution in [0.4, 0.5) is 0 Å². The SMILES string of the molecule is C[C@@H]1C=CCS[C@]12C=CC(=O)N2Cc1ccccc1. The fourth-order valence-corrected chi connectivity index (χ4v) is 4.03. The van der Waals surface area contributed by atoms with Crippen molar-refractivity contribution in [3.05, 3.63) is 60.2 Å². The van der Waals surface area contributed by atoms with Gasteiger partial charge in [0, 0.05) is 24.3 Å². The van der Waals surface area contributed by atoms with Crippen LogP contribution in [0.5, 0.6) is 0 Å². The van der Waals surface area contributed by atoms with Crippen LogP contribution in [0.2, 0.25) is 0 Å². The maximum atomic E-state index is 12.2. The smallest absolute Gasteiger partial charge is 0.248 e. The summed E-state index contributed by atoms with van der Waals surface area (Å²) in [5, 5.41) is 0. The van der Waals surface area contributed by atoms with Crippen molar-refractivity contribution in [2.75, 3.05) is 5.75 Å². The standard InChI is InChI=1S/C16H17NOS/c1-13-6-5-11-19-16(13)10-9-15(18)17(16)12-14-7-3-2-4-8-14/h2-10,13H,11-12H2,1H3/t13-,16-/m1/s1. The van der Waals surface area contributed by atoms with Crippen LogP contribution >= 0.6 is 11.8 Å². The van der Waals surface area contributed by atoms with Gasteiger partial charge in [-0.15, -0.1) is 11.8 Å². The van der Waals surface area contributed by atoms with Gasteiger partial charge in [0.15, 0.2) is 0 Å². The first-order chi connectivity index (χ1) is 9.22. The molecule has 19 heavy (non-hydrogen) atoms. The summed E-state index contributed by atoms with van der Waals surface area (Å²) in [6.45, 7) is 2.86. The van der Waals surface area contributed by atoms with Gasteiger partial charge in [-0.05, 0) is 11.6 Å². The molecule has 2 nitrogen and oxygen atoms in total. The van der Waals surface area contributed by atoms with E-state index in [-0.39, 0.29) is 10.8 Å². The molecule has 1 aromatic rings. The van der Waals surface area contributed by atoms with E-state index in [4.69, 9.17) is 0 Å². The van der Waals surface area contributed by atoms with Gasteiger partial charge in [0.05, 0.1) is 0 Å². The lowest BCUT2D eigenvalue weighted by Gasteiger charge is -2.42. The monoisotopic (exact) mass is 271 g/mol. The lowest BCUT2D eigenvalue weighted by Crippen LogP contribution is -2.48. The molecule has 98 valence electrons. The van der Waals surface area contributed by atoms with E-state index in [0.29, 0.717) is 12.5 Å². The Morgan fingerprint density at radius 3 is 2.89 bits per heavy atom. The summed E-state index contributed by atoms with van der Waals surface area (Å²) in [5.74, 6) is 1.43. The predicted octanol–water partition coefficient (Wildman–Crippen LogP) is 3.22. The minimum Gasteiger partial charge on any atom is -0.316 e. The van der Waals surface area contributed by atoms with Crippen LogP contribution in [-0.4, -0.2) is 21.4 Å². The zero-order chi connectivity index (χ0) is 13.3. The van der Waals surface area contributed by atoms with Crippen molar-refractivity contribution in [2.24, 2.45) is 5.92 Å². The topological polar surface area (TPSA) is 20.3 Å². The molecule has 0 bridgehead atoms. The second-order valence-corrected chi connectivity index (χ2v) is 6.30. The second-order valence-electron chi connectivity index (χ2n) is 5.02. The highest BCUT2D eigenvalue weighted by Crippen LogP contribution is 2.45. The molecule has 0 aromatic heterocycles. The van der Waals surface area contributed by atoms with Crippen LogP contribution in [-0.2, 0) is 11.3 Å². The molecule has 0 radical (unpaired) electrons. The number of hydrogen-bond acceptors (Lipinski definition) is 2. The first-order valence-corrected chi connectivity index (χ1v) is 7.56. The molecule has 2 aliphatic heterocycles. The van der Waals surface area contributed by atoms with Gasteiger partial charge in [-0.3, -0.25) is 4.79 Å². The Kier molecular flexibility index (Phi) is 3.23. The highest BCUT2D eigenvalue weighted by Gasteiger charge is 2.45. The van der Waals surface area contributed by atoms with E-state index in [1.165, 1.54) is 5.56 Å². The van der Waals surface area contributed by atoms with Crippen LogP contribution in [0.15, 0.2) is 54.6 Å². The Morgan fingerprint density at radius 2 is 2.16 bits per heavy atom. The molecule has 0 saturated heterocycles. The van der Waals surface area contributed by atoms with Crippen molar-refractivity contribution in [1.29, 1.82) is 0 Å². The van der Waals surface area contributed by atoms with Crippen LogP contribution in [0.25, 0.3) is 0 Å². The van der Waals surface area contributed by atoms with Crippen molar-refractivity contribution in [3.8, 4) is 0 Å². The van der Waals surface area contributed by atoms with Gasteiger partial charge in [0.2, 0.25) is 5.91 Å². The number of carbonyl (C=O) groups excluding carboxylic acids is 1. The average molecular weight is 271 g/mol. The van der Waals surface area contributed by atoms with Gasteiger partial charge < -0.3 is 4.90 Å². The van der Waals surface area contributed by atoms with Crippen LogP contribution in [0.1, 0.15) is 12.5 Å². The van der Waals surface area contributed by atoms with Gasteiger partial charge in [-0.25, -0.2) is 0 Å². The van der Waals surface area contributed by atoms with Crippen molar-refractivity contribution in [2.45, 2.75) is 18.3 Å². The van der Waals surface area contributed by atoms with Gasteiger partial charge in [0.25, 0.3) is 0 Å². The number of hydrogen-bond donors (Lipinski definition) is 0. The Hall–Kier alpha value is -1.48. The molecule has 0 unspecified atom stereocenters. The highest BCUT2D eigenvalue weighted by atomic mass is 32.2. The third kappa shape index (κ3) is 2.12. The van der Waals surface area contributed by atoms with E-state index >= 15 is 0 Å². The highest BCUT2D eigenvalue weighted by molar-refractivity contribution is 8.01. The lowest BCUT2D eigenvalue weighted by atomic mass is 9.99. The van der Waals surface area contributed by atoms with Crippen molar-refractivity contribution in [3.63, 3.8) is 0 Å². The van der Waals surface area contributed by atoms with Gasteiger partial charge in [0.1, 0.15) is 4.87 Å². The summed E-state index contributed by atoms with van der Waals surface area (Å²) in [5.41, 5.74) is 1.18. The van der Waals surface area contributed by atoms with Crippen molar-refractivity contribution >= 4 is 17.7 Å². The molecule has 3 heteroatoms. The second kappa shape index (κ2) is 4.89. The molecule has 2 heterocycles. The summed E-state index contributed by atoms with van der Waals surface area (Å²) in [7, 11) is 0. The number of nitrogens with zero attached hydrogens (tertiary/aromatic N) is 1. The molecule has 2 aliphatic rings. The first-order valence-electron chi connectivity index (χ1n) is 6.58. The fraction of sp³-hybridized carbons (Fsp3) is 0.312. The summed E-state index contributed by atoms with van der Waals surface area (Å²) < 4.78 is 0. The van der Waals surface area contributed by atoms with Gasteiger partial charge in [-0.1, -0.05) is 49.4 Å². The molecule has 1 spiro atoms. The fourth-order valence-electron chi connectivity index (χ4n) is 2.74. The van der Waals surface area contributed by atoms with E-state index < -0.39 is 0 Å². The Morgan fingerprint density at radius 1 is 1.37 bits per heavy atom. The normalized spacial score (nSPS) is 29.4. The Labute approximate surface area is 118 Å². The Bertz CT molecular complexity index is 537. The average Bonchev–Trinajstić information content (AvgIpc) is 2.74. The number of amides is 1. The number of carbonyl (C=O) groups is 1. The maximum Gasteiger partial charge on any atom is 0.248 e. The number of rotatable bonds is 2. The van der Waals surface area contributed by atoms with E-state index in [9.17, 15) is 4.79 Å². The van der Waals surface area contributed by atoms with Crippen LogP contribution in [0, 0.1) is 5.92 Å². The molecule has 2 atom stereocenters. The molecular formula is C16H17NOS. The minimum atomic E-state index is -0.193. The van der Waals surface area contributed by atoms with Crippen molar-refractivity contribution < 1.29 is 4.79 Å².